The third-order valence-electron chi connectivity index (χ3n) is 3.26. The first-order valence-corrected chi connectivity index (χ1v) is 7.15. The molecule has 1 amide bonds. The molecule has 112 valence electrons. The summed E-state index contributed by atoms with van der Waals surface area (Å²) in [5.74, 6) is -0.107. The third-order valence-corrected chi connectivity index (χ3v) is 3.26. The van der Waals surface area contributed by atoms with Gasteiger partial charge in [0.25, 0.3) is 0 Å². The zero-order chi connectivity index (χ0) is 15.8. The molecule has 0 aromatic heterocycles. The van der Waals surface area contributed by atoms with Crippen molar-refractivity contribution in [3.05, 3.63) is 65.7 Å². The van der Waals surface area contributed by atoms with Gasteiger partial charge in [-0.2, -0.15) is 5.26 Å². The molecule has 0 saturated heterocycles. The standard InChI is InChI=1S/C18H18N2O2/c1-14(16-5-3-2-4-6-16)22-12-11-18(21)20-17-9-7-15(13-19)8-10-17/h2-10,14H,11-12H2,1H3,(H,20,21). The van der Waals surface area contributed by atoms with Gasteiger partial charge in [-0.3, -0.25) is 4.79 Å². The summed E-state index contributed by atoms with van der Waals surface area (Å²) < 4.78 is 5.67. The molecule has 1 N–H and O–H groups in total. The van der Waals surface area contributed by atoms with Crippen LogP contribution >= 0.6 is 0 Å². The molecular formula is C18H18N2O2. The molecule has 4 heteroatoms. The van der Waals surface area contributed by atoms with Gasteiger partial charge in [0.05, 0.1) is 30.8 Å². The third kappa shape index (κ3) is 4.72. The van der Waals surface area contributed by atoms with Gasteiger partial charge in [-0.1, -0.05) is 30.3 Å². The van der Waals surface area contributed by atoms with Gasteiger partial charge in [-0.25, -0.2) is 0 Å². The van der Waals surface area contributed by atoms with Gasteiger partial charge in [0, 0.05) is 5.69 Å². The number of benzene rings is 2. The Morgan fingerprint density at radius 2 is 1.86 bits per heavy atom. The van der Waals surface area contributed by atoms with Crippen LogP contribution in [-0.4, -0.2) is 12.5 Å². The molecule has 0 bridgehead atoms. The van der Waals surface area contributed by atoms with Crippen LogP contribution in [0, 0.1) is 11.3 Å². The van der Waals surface area contributed by atoms with Crippen molar-refractivity contribution in [1.82, 2.24) is 0 Å². The van der Waals surface area contributed by atoms with Crippen molar-refractivity contribution in [2.75, 3.05) is 11.9 Å². The van der Waals surface area contributed by atoms with Crippen LogP contribution in [0.1, 0.15) is 30.6 Å². The van der Waals surface area contributed by atoms with Gasteiger partial charge in [-0.05, 0) is 36.8 Å². The highest BCUT2D eigenvalue weighted by Gasteiger charge is 2.07. The van der Waals surface area contributed by atoms with E-state index in [0.717, 1.165) is 5.56 Å². The number of rotatable bonds is 6. The van der Waals surface area contributed by atoms with Crippen molar-refractivity contribution in [3.8, 4) is 6.07 Å². The second kappa shape index (κ2) is 7.96. The maximum absolute atomic E-state index is 11.8. The highest BCUT2D eigenvalue weighted by atomic mass is 16.5. The Kier molecular flexibility index (Phi) is 5.70. The van der Waals surface area contributed by atoms with Gasteiger partial charge in [0.2, 0.25) is 5.91 Å². The Hall–Kier alpha value is -2.64. The number of carbonyl (C=O) groups excluding carboxylic acids is 1. The van der Waals surface area contributed by atoms with Crippen molar-refractivity contribution < 1.29 is 9.53 Å². The number of carbonyl (C=O) groups is 1. The van der Waals surface area contributed by atoms with Gasteiger partial charge >= 0.3 is 0 Å². The molecule has 1 atom stereocenters. The van der Waals surface area contributed by atoms with Gasteiger partial charge in [0.15, 0.2) is 0 Å². The van der Waals surface area contributed by atoms with E-state index < -0.39 is 0 Å². The number of nitriles is 1. The SMILES string of the molecule is CC(OCCC(=O)Nc1ccc(C#N)cc1)c1ccccc1. The molecule has 1 unspecified atom stereocenters. The summed E-state index contributed by atoms with van der Waals surface area (Å²) in [7, 11) is 0. The maximum Gasteiger partial charge on any atom is 0.226 e. The minimum atomic E-state index is -0.107. The predicted octanol–water partition coefficient (Wildman–Crippen LogP) is 3.66. The summed E-state index contributed by atoms with van der Waals surface area (Å²) in [6.45, 7) is 2.33. The fraction of sp³-hybridized carbons (Fsp3) is 0.222. The lowest BCUT2D eigenvalue weighted by Gasteiger charge is -2.13. The van der Waals surface area contributed by atoms with E-state index in [1.165, 1.54) is 0 Å². The molecule has 4 nitrogen and oxygen atoms in total. The predicted molar refractivity (Wildman–Crippen MR) is 85.2 cm³/mol. The summed E-state index contributed by atoms with van der Waals surface area (Å²) in [6, 6.07) is 18.7. The number of ether oxygens (including phenoxy) is 1. The van der Waals surface area contributed by atoms with E-state index in [1.807, 2.05) is 43.3 Å². The van der Waals surface area contributed by atoms with Gasteiger partial charge in [0.1, 0.15) is 0 Å². The Balaban J connectivity index is 1.74. The molecule has 2 rings (SSSR count). The first kappa shape index (κ1) is 15.7. The molecule has 0 saturated carbocycles. The summed E-state index contributed by atoms with van der Waals surface area (Å²) in [5.41, 5.74) is 2.34. The molecule has 0 fully saturated rings. The van der Waals surface area contributed by atoms with E-state index in [-0.39, 0.29) is 18.4 Å². The van der Waals surface area contributed by atoms with Crippen molar-refractivity contribution in [2.24, 2.45) is 0 Å². The van der Waals surface area contributed by atoms with Crippen LogP contribution in [0.3, 0.4) is 0 Å². The molecular weight excluding hydrogens is 276 g/mol. The number of amides is 1. The summed E-state index contributed by atoms with van der Waals surface area (Å²) >= 11 is 0. The molecule has 0 spiro atoms. The molecule has 0 heterocycles. The van der Waals surface area contributed by atoms with Crippen LogP contribution in [0.4, 0.5) is 5.69 Å². The van der Waals surface area contributed by atoms with E-state index in [0.29, 0.717) is 17.9 Å². The van der Waals surface area contributed by atoms with E-state index in [2.05, 4.69) is 5.32 Å². The van der Waals surface area contributed by atoms with Crippen LogP contribution in [0.25, 0.3) is 0 Å². The lowest BCUT2D eigenvalue weighted by Crippen LogP contribution is -2.15. The maximum atomic E-state index is 11.8. The van der Waals surface area contributed by atoms with Crippen LogP contribution in [0.15, 0.2) is 54.6 Å². The second-order valence-corrected chi connectivity index (χ2v) is 4.91. The second-order valence-electron chi connectivity index (χ2n) is 4.91. The minimum absolute atomic E-state index is 0.0380. The average Bonchev–Trinajstić information content (AvgIpc) is 2.56. The zero-order valence-corrected chi connectivity index (χ0v) is 12.5. The van der Waals surface area contributed by atoms with Gasteiger partial charge in [-0.15, -0.1) is 0 Å². The molecule has 0 aliphatic rings. The van der Waals surface area contributed by atoms with E-state index in [1.54, 1.807) is 24.3 Å². The average molecular weight is 294 g/mol. The van der Waals surface area contributed by atoms with Crippen molar-refractivity contribution in [3.63, 3.8) is 0 Å². The lowest BCUT2D eigenvalue weighted by atomic mass is 10.1. The molecule has 2 aromatic rings. The van der Waals surface area contributed by atoms with Crippen molar-refractivity contribution in [1.29, 1.82) is 5.26 Å². The van der Waals surface area contributed by atoms with E-state index >= 15 is 0 Å². The Morgan fingerprint density at radius 3 is 2.50 bits per heavy atom. The largest absolute Gasteiger partial charge is 0.373 e. The number of hydrogen-bond acceptors (Lipinski definition) is 3. The zero-order valence-electron chi connectivity index (χ0n) is 12.5. The topological polar surface area (TPSA) is 62.1 Å². The van der Waals surface area contributed by atoms with E-state index in [4.69, 9.17) is 10.00 Å². The molecule has 22 heavy (non-hydrogen) atoms. The first-order chi connectivity index (χ1) is 10.7. The van der Waals surface area contributed by atoms with Crippen molar-refractivity contribution >= 4 is 11.6 Å². The first-order valence-electron chi connectivity index (χ1n) is 7.15. The van der Waals surface area contributed by atoms with Crippen LogP contribution in [0.2, 0.25) is 0 Å². The highest BCUT2D eigenvalue weighted by molar-refractivity contribution is 5.90. The van der Waals surface area contributed by atoms with Crippen LogP contribution < -0.4 is 5.32 Å². The number of hydrogen-bond donors (Lipinski definition) is 1. The number of anilines is 1. The molecule has 0 aliphatic carbocycles. The van der Waals surface area contributed by atoms with Crippen molar-refractivity contribution in [2.45, 2.75) is 19.4 Å². The van der Waals surface area contributed by atoms with Crippen LogP contribution in [-0.2, 0) is 9.53 Å². The fourth-order valence-corrected chi connectivity index (χ4v) is 2.00. The molecule has 0 aliphatic heterocycles. The Morgan fingerprint density at radius 1 is 1.18 bits per heavy atom. The molecule has 0 radical (unpaired) electrons. The Bertz CT molecular complexity index is 645. The summed E-state index contributed by atoms with van der Waals surface area (Å²) in [5, 5.41) is 11.5. The Labute approximate surface area is 130 Å². The van der Waals surface area contributed by atoms with Gasteiger partial charge < -0.3 is 10.1 Å². The number of nitrogens with zero attached hydrogens (tertiary/aromatic N) is 1. The monoisotopic (exact) mass is 294 g/mol. The fourth-order valence-electron chi connectivity index (χ4n) is 2.00. The summed E-state index contributed by atoms with van der Waals surface area (Å²) in [6.07, 6.45) is 0.251. The smallest absolute Gasteiger partial charge is 0.226 e. The minimum Gasteiger partial charge on any atom is -0.373 e. The molecule has 2 aromatic carbocycles. The lowest BCUT2D eigenvalue weighted by molar-refractivity contribution is -0.117. The normalized spacial score (nSPS) is 11.5. The summed E-state index contributed by atoms with van der Waals surface area (Å²) in [4.78, 5) is 11.8. The van der Waals surface area contributed by atoms with Crippen LogP contribution in [0.5, 0.6) is 0 Å². The highest BCUT2D eigenvalue weighted by Crippen LogP contribution is 2.16. The number of nitrogens with one attached hydrogen (secondary N) is 1. The quantitative estimate of drug-likeness (QED) is 0.884. The van der Waals surface area contributed by atoms with E-state index in [9.17, 15) is 4.79 Å².